The largest absolute Gasteiger partial charge is 0.497 e. The molecule has 1 fully saturated rings. The Hall–Kier alpha value is -1.31. The van der Waals surface area contributed by atoms with Crippen LogP contribution in [0.3, 0.4) is 0 Å². The van der Waals surface area contributed by atoms with E-state index in [0.717, 1.165) is 23.3 Å². The van der Waals surface area contributed by atoms with Gasteiger partial charge in [0.05, 0.1) is 7.11 Å². The van der Waals surface area contributed by atoms with Gasteiger partial charge in [0.15, 0.2) is 0 Å². The molecular formula is C20H30O2. The van der Waals surface area contributed by atoms with E-state index in [9.17, 15) is 4.79 Å². The number of rotatable bonds is 5. The first kappa shape index (κ1) is 17.1. The minimum atomic E-state index is 0.241. The first-order valence-electron chi connectivity index (χ1n) is 8.58. The predicted octanol–water partition coefficient (Wildman–Crippen LogP) is 4.82. The molecule has 1 aromatic rings. The Morgan fingerprint density at radius 2 is 2.05 bits per heavy atom. The van der Waals surface area contributed by atoms with Crippen molar-refractivity contribution in [1.29, 1.82) is 0 Å². The average Bonchev–Trinajstić information content (AvgIpc) is 2.48. The van der Waals surface area contributed by atoms with Crippen molar-refractivity contribution in [2.45, 2.75) is 53.4 Å². The third kappa shape index (κ3) is 3.91. The van der Waals surface area contributed by atoms with Gasteiger partial charge in [-0.15, -0.1) is 0 Å². The number of ether oxygens (including phenoxy) is 1. The zero-order chi connectivity index (χ0) is 16.3. The van der Waals surface area contributed by atoms with Gasteiger partial charge >= 0.3 is 0 Å². The molecule has 0 radical (unpaired) electrons. The lowest BCUT2D eigenvalue weighted by molar-refractivity contribution is -0.126. The minimum Gasteiger partial charge on any atom is -0.497 e. The van der Waals surface area contributed by atoms with Crippen LogP contribution in [0, 0.1) is 30.6 Å². The molecule has 2 rings (SSSR count). The van der Waals surface area contributed by atoms with Gasteiger partial charge in [0, 0.05) is 12.3 Å². The van der Waals surface area contributed by atoms with Crippen LogP contribution in [0.2, 0.25) is 0 Å². The highest BCUT2D eigenvalue weighted by atomic mass is 16.5. The number of hydrogen-bond acceptors (Lipinski definition) is 2. The summed E-state index contributed by atoms with van der Waals surface area (Å²) in [6.45, 7) is 8.88. The standard InChI is InChI=1S/C20H30O2/c1-13(2)18-9-6-14(3)10-19(18)20(21)12-16-7-8-17(22-5)11-15(16)4/h7-8,11,13-14,18-19H,6,9-10,12H2,1-5H3/t14-,18+,19-/m1/s1. The maximum Gasteiger partial charge on any atom is 0.140 e. The molecule has 0 bridgehead atoms. The molecule has 0 aliphatic heterocycles. The van der Waals surface area contributed by atoms with Crippen molar-refractivity contribution in [2.75, 3.05) is 7.11 Å². The lowest BCUT2D eigenvalue weighted by atomic mass is 9.68. The monoisotopic (exact) mass is 302 g/mol. The predicted molar refractivity (Wildman–Crippen MR) is 91.3 cm³/mol. The molecule has 1 aromatic carbocycles. The van der Waals surface area contributed by atoms with E-state index in [4.69, 9.17) is 4.74 Å². The summed E-state index contributed by atoms with van der Waals surface area (Å²) in [5, 5.41) is 0. The first-order chi connectivity index (χ1) is 10.4. The Morgan fingerprint density at radius 1 is 1.32 bits per heavy atom. The van der Waals surface area contributed by atoms with Crippen LogP contribution in [0.25, 0.3) is 0 Å². The summed E-state index contributed by atoms with van der Waals surface area (Å²) in [6, 6.07) is 6.02. The second kappa shape index (κ2) is 7.30. The van der Waals surface area contributed by atoms with E-state index in [1.54, 1.807) is 7.11 Å². The van der Waals surface area contributed by atoms with E-state index in [-0.39, 0.29) is 5.92 Å². The smallest absolute Gasteiger partial charge is 0.140 e. The molecule has 0 N–H and O–H groups in total. The topological polar surface area (TPSA) is 26.3 Å². The quantitative estimate of drug-likeness (QED) is 0.779. The van der Waals surface area contributed by atoms with Crippen molar-refractivity contribution in [3.63, 3.8) is 0 Å². The third-order valence-corrected chi connectivity index (χ3v) is 5.35. The summed E-state index contributed by atoms with van der Waals surface area (Å²) >= 11 is 0. The Morgan fingerprint density at radius 3 is 2.64 bits per heavy atom. The highest BCUT2D eigenvalue weighted by Gasteiger charge is 2.35. The zero-order valence-corrected chi connectivity index (χ0v) is 14.7. The Kier molecular flexibility index (Phi) is 5.66. The normalized spacial score (nSPS) is 25.3. The van der Waals surface area contributed by atoms with Crippen molar-refractivity contribution in [2.24, 2.45) is 23.7 Å². The van der Waals surface area contributed by atoms with Gasteiger partial charge in [-0.3, -0.25) is 4.79 Å². The summed E-state index contributed by atoms with van der Waals surface area (Å²) in [5.41, 5.74) is 2.30. The Labute approximate surface area is 135 Å². The van der Waals surface area contributed by atoms with Crippen LogP contribution in [-0.4, -0.2) is 12.9 Å². The second-order valence-corrected chi connectivity index (χ2v) is 7.37. The van der Waals surface area contributed by atoms with Crippen LogP contribution in [-0.2, 0) is 11.2 Å². The van der Waals surface area contributed by atoms with E-state index in [1.165, 1.54) is 12.8 Å². The van der Waals surface area contributed by atoms with Gasteiger partial charge in [0.2, 0.25) is 0 Å². The van der Waals surface area contributed by atoms with Crippen LogP contribution < -0.4 is 4.74 Å². The number of aryl methyl sites for hydroxylation is 1. The molecule has 1 aliphatic carbocycles. The fourth-order valence-corrected chi connectivity index (χ4v) is 3.88. The highest BCUT2D eigenvalue weighted by molar-refractivity contribution is 5.84. The van der Waals surface area contributed by atoms with Gasteiger partial charge in [-0.05, 0) is 60.8 Å². The van der Waals surface area contributed by atoms with E-state index in [2.05, 4.69) is 27.7 Å². The van der Waals surface area contributed by atoms with Gasteiger partial charge in [0.25, 0.3) is 0 Å². The van der Waals surface area contributed by atoms with E-state index in [1.807, 2.05) is 18.2 Å². The van der Waals surface area contributed by atoms with Gasteiger partial charge < -0.3 is 4.74 Å². The average molecular weight is 302 g/mol. The van der Waals surface area contributed by atoms with Gasteiger partial charge in [0.1, 0.15) is 11.5 Å². The van der Waals surface area contributed by atoms with Crippen LogP contribution in [0.1, 0.15) is 51.2 Å². The van der Waals surface area contributed by atoms with E-state index < -0.39 is 0 Å². The van der Waals surface area contributed by atoms with Crippen molar-refractivity contribution < 1.29 is 9.53 Å². The number of benzene rings is 1. The van der Waals surface area contributed by atoms with Gasteiger partial charge in [-0.2, -0.15) is 0 Å². The van der Waals surface area contributed by atoms with Gasteiger partial charge in [-0.1, -0.05) is 33.3 Å². The second-order valence-electron chi connectivity index (χ2n) is 7.37. The molecule has 2 nitrogen and oxygen atoms in total. The van der Waals surface area contributed by atoms with Crippen molar-refractivity contribution >= 4 is 5.78 Å². The van der Waals surface area contributed by atoms with Crippen molar-refractivity contribution in [1.82, 2.24) is 0 Å². The maximum absolute atomic E-state index is 12.9. The van der Waals surface area contributed by atoms with Crippen LogP contribution in [0.15, 0.2) is 18.2 Å². The number of carbonyl (C=O) groups is 1. The molecule has 0 unspecified atom stereocenters. The molecular weight excluding hydrogens is 272 g/mol. The fraction of sp³-hybridized carbons (Fsp3) is 0.650. The number of carbonyl (C=O) groups excluding carboxylic acids is 1. The fourth-order valence-electron chi connectivity index (χ4n) is 3.88. The Balaban J connectivity index is 2.12. The molecule has 0 saturated heterocycles. The molecule has 1 aliphatic rings. The highest BCUT2D eigenvalue weighted by Crippen LogP contribution is 2.39. The first-order valence-corrected chi connectivity index (χ1v) is 8.58. The maximum atomic E-state index is 12.9. The molecule has 3 atom stereocenters. The number of Topliss-reactive ketones (excluding diaryl/α,β-unsaturated/α-hetero) is 1. The van der Waals surface area contributed by atoms with E-state index in [0.29, 0.717) is 30.0 Å². The summed E-state index contributed by atoms with van der Waals surface area (Å²) < 4.78 is 5.25. The molecule has 22 heavy (non-hydrogen) atoms. The van der Waals surface area contributed by atoms with Crippen LogP contribution in [0.5, 0.6) is 5.75 Å². The number of ketones is 1. The third-order valence-electron chi connectivity index (χ3n) is 5.35. The van der Waals surface area contributed by atoms with Crippen molar-refractivity contribution in [3.8, 4) is 5.75 Å². The summed E-state index contributed by atoms with van der Waals surface area (Å²) in [5.74, 6) is 3.37. The van der Waals surface area contributed by atoms with Crippen LogP contribution in [0.4, 0.5) is 0 Å². The molecule has 2 heteroatoms. The van der Waals surface area contributed by atoms with Crippen molar-refractivity contribution in [3.05, 3.63) is 29.3 Å². The van der Waals surface area contributed by atoms with Crippen LogP contribution >= 0.6 is 0 Å². The van der Waals surface area contributed by atoms with E-state index >= 15 is 0 Å². The summed E-state index contributed by atoms with van der Waals surface area (Å²) in [4.78, 5) is 12.9. The molecule has 0 aromatic heterocycles. The molecule has 0 spiro atoms. The van der Waals surface area contributed by atoms with Gasteiger partial charge in [-0.25, -0.2) is 0 Å². The molecule has 1 saturated carbocycles. The number of hydrogen-bond donors (Lipinski definition) is 0. The number of methoxy groups -OCH3 is 1. The minimum absolute atomic E-state index is 0.241. The zero-order valence-electron chi connectivity index (χ0n) is 14.7. The molecule has 122 valence electrons. The molecule has 0 heterocycles. The summed E-state index contributed by atoms with van der Waals surface area (Å²) in [6.07, 6.45) is 4.11. The molecule has 0 amide bonds. The lowest BCUT2D eigenvalue weighted by Gasteiger charge is -2.36. The SMILES string of the molecule is COc1ccc(CC(=O)[C@@H]2C[C@H](C)CC[C@H]2C(C)C)c(C)c1. The summed E-state index contributed by atoms with van der Waals surface area (Å²) in [7, 11) is 1.68. The lowest BCUT2D eigenvalue weighted by Crippen LogP contribution is -2.34. The Bertz CT molecular complexity index is 518.